The molecular weight excluding hydrogens is 266 g/mol. The molecule has 0 saturated heterocycles. The lowest BCUT2D eigenvalue weighted by atomic mass is 10.1. The molecule has 0 atom stereocenters. The summed E-state index contributed by atoms with van der Waals surface area (Å²) in [7, 11) is 0. The second-order valence-corrected chi connectivity index (χ2v) is 5.68. The zero-order valence-electron chi connectivity index (χ0n) is 11.4. The van der Waals surface area contributed by atoms with Crippen molar-refractivity contribution in [3.8, 4) is 5.75 Å². The van der Waals surface area contributed by atoms with Crippen LogP contribution in [-0.2, 0) is 13.0 Å². The Morgan fingerprint density at radius 2 is 2.00 bits per heavy atom. The molecule has 0 spiro atoms. The summed E-state index contributed by atoms with van der Waals surface area (Å²) < 4.78 is 7.16. The molecule has 3 aromatic rings. The molecule has 1 heterocycles. The Balaban J connectivity index is 1.79. The van der Waals surface area contributed by atoms with Crippen LogP contribution in [0.15, 0.2) is 47.8 Å². The van der Waals surface area contributed by atoms with Gasteiger partial charge in [0.2, 0.25) is 0 Å². The van der Waals surface area contributed by atoms with Gasteiger partial charge in [-0.05, 0) is 40.9 Å². The van der Waals surface area contributed by atoms with Gasteiger partial charge in [0.25, 0.3) is 0 Å². The highest BCUT2D eigenvalue weighted by atomic mass is 32.1. The van der Waals surface area contributed by atoms with Crippen molar-refractivity contribution in [2.45, 2.75) is 20.0 Å². The first-order valence-electron chi connectivity index (χ1n) is 6.74. The molecule has 3 rings (SSSR count). The molecule has 0 aliphatic rings. The van der Waals surface area contributed by atoms with Crippen LogP contribution in [0.5, 0.6) is 5.75 Å². The zero-order valence-corrected chi connectivity index (χ0v) is 12.2. The van der Waals surface area contributed by atoms with Crippen molar-refractivity contribution in [2.24, 2.45) is 0 Å². The number of rotatable bonds is 4. The van der Waals surface area contributed by atoms with E-state index in [1.54, 1.807) is 11.3 Å². The fourth-order valence-electron chi connectivity index (χ4n) is 2.25. The second-order valence-electron chi connectivity index (χ2n) is 4.77. The monoisotopic (exact) mass is 283 g/mol. The molecule has 0 unspecified atom stereocenters. The SMILES string of the molecule is CCc1ccc(OCc2csc3ccccc23)c(N)c1. The summed E-state index contributed by atoms with van der Waals surface area (Å²) in [6.07, 6.45) is 0.986. The van der Waals surface area contributed by atoms with Gasteiger partial charge in [-0.1, -0.05) is 31.2 Å². The van der Waals surface area contributed by atoms with Gasteiger partial charge >= 0.3 is 0 Å². The third-order valence-electron chi connectivity index (χ3n) is 3.43. The molecule has 2 aromatic carbocycles. The molecule has 0 radical (unpaired) electrons. The van der Waals surface area contributed by atoms with Gasteiger partial charge in [-0.2, -0.15) is 0 Å². The Morgan fingerprint density at radius 3 is 2.80 bits per heavy atom. The van der Waals surface area contributed by atoms with E-state index in [1.165, 1.54) is 21.2 Å². The molecule has 0 amide bonds. The number of ether oxygens (including phenoxy) is 1. The number of hydrogen-bond donors (Lipinski definition) is 1. The van der Waals surface area contributed by atoms with E-state index in [0.717, 1.165) is 12.2 Å². The van der Waals surface area contributed by atoms with E-state index in [-0.39, 0.29) is 0 Å². The van der Waals surface area contributed by atoms with Gasteiger partial charge in [0.1, 0.15) is 12.4 Å². The smallest absolute Gasteiger partial charge is 0.142 e. The van der Waals surface area contributed by atoms with Gasteiger partial charge in [0.05, 0.1) is 5.69 Å². The predicted molar refractivity (Wildman–Crippen MR) is 86.4 cm³/mol. The summed E-state index contributed by atoms with van der Waals surface area (Å²) in [5, 5.41) is 3.42. The maximum absolute atomic E-state index is 6.03. The van der Waals surface area contributed by atoms with Crippen molar-refractivity contribution >= 4 is 27.1 Å². The Kier molecular flexibility index (Phi) is 3.61. The number of benzene rings is 2. The van der Waals surface area contributed by atoms with Gasteiger partial charge in [0.15, 0.2) is 0 Å². The normalized spacial score (nSPS) is 10.8. The fraction of sp³-hybridized carbons (Fsp3) is 0.176. The molecule has 102 valence electrons. The van der Waals surface area contributed by atoms with Gasteiger partial charge in [0, 0.05) is 10.3 Å². The summed E-state index contributed by atoms with van der Waals surface area (Å²) in [5.41, 5.74) is 9.18. The van der Waals surface area contributed by atoms with E-state index >= 15 is 0 Å². The van der Waals surface area contributed by atoms with Gasteiger partial charge in [-0.15, -0.1) is 11.3 Å². The first-order chi connectivity index (χ1) is 9.78. The van der Waals surface area contributed by atoms with Crippen LogP contribution >= 0.6 is 11.3 Å². The molecule has 0 bridgehead atoms. The fourth-order valence-corrected chi connectivity index (χ4v) is 3.20. The minimum atomic E-state index is 0.555. The first-order valence-corrected chi connectivity index (χ1v) is 7.62. The number of nitrogens with two attached hydrogens (primary N) is 1. The quantitative estimate of drug-likeness (QED) is 0.709. The molecular formula is C17H17NOS. The Morgan fingerprint density at radius 1 is 1.15 bits per heavy atom. The van der Waals surface area contributed by atoms with E-state index in [9.17, 15) is 0 Å². The standard InChI is InChI=1S/C17H17NOS/c1-2-12-7-8-16(15(18)9-12)19-10-13-11-20-17-6-4-3-5-14(13)17/h3-9,11H,2,10,18H2,1H3. The molecule has 2 N–H and O–H groups in total. The number of anilines is 1. The summed E-state index contributed by atoms with van der Waals surface area (Å²) in [5.74, 6) is 0.762. The average Bonchev–Trinajstić information content (AvgIpc) is 2.89. The summed E-state index contributed by atoms with van der Waals surface area (Å²) in [4.78, 5) is 0. The van der Waals surface area contributed by atoms with Crippen LogP contribution in [0.1, 0.15) is 18.1 Å². The van der Waals surface area contributed by atoms with E-state index in [0.29, 0.717) is 12.3 Å². The molecule has 1 aromatic heterocycles. The number of aryl methyl sites for hydroxylation is 1. The van der Waals surface area contributed by atoms with E-state index in [2.05, 4.69) is 42.6 Å². The van der Waals surface area contributed by atoms with Crippen LogP contribution in [0, 0.1) is 0 Å². The van der Waals surface area contributed by atoms with Crippen LogP contribution in [0.25, 0.3) is 10.1 Å². The van der Waals surface area contributed by atoms with Crippen molar-refractivity contribution in [3.05, 3.63) is 59.0 Å². The highest BCUT2D eigenvalue weighted by molar-refractivity contribution is 7.17. The van der Waals surface area contributed by atoms with E-state index in [4.69, 9.17) is 10.5 Å². The van der Waals surface area contributed by atoms with E-state index in [1.807, 2.05) is 12.1 Å². The predicted octanol–water partition coefficient (Wildman–Crippen LogP) is 4.62. The summed E-state index contributed by atoms with van der Waals surface area (Å²) in [6.45, 7) is 2.67. The largest absolute Gasteiger partial charge is 0.487 e. The van der Waals surface area contributed by atoms with Crippen molar-refractivity contribution in [1.29, 1.82) is 0 Å². The molecule has 0 saturated carbocycles. The van der Waals surface area contributed by atoms with Crippen LogP contribution in [0.4, 0.5) is 5.69 Å². The molecule has 2 nitrogen and oxygen atoms in total. The number of hydrogen-bond acceptors (Lipinski definition) is 3. The third-order valence-corrected chi connectivity index (χ3v) is 4.44. The van der Waals surface area contributed by atoms with Crippen LogP contribution in [0.3, 0.4) is 0 Å². The van der Waals surface area contributed by atoms with Crippen molar-refractivity contribution in [3.63, 3.8) is 0 Å². The Bertz CT molecular complexity index is 733. The molecule has 3 heteroatoms. The minimum absolute atomic E-state index is 0.555. The highest BCUT2D eigenvalue weighted by Gasteiger charge is 2.06. The maximum atomic E-state index is 6.03. The molecule has 0 aliphatic heterocycles. The number of thiophene rings is 1. The second kappa shape index (κ2) is 5.55. The first kappa shape index (κ1) is 13.0. The van der Waals surface area contributed by atoms with Crippen LogP contribution < -0.4 is 10.5 Å². The van der Waals surface area contributed by atoms with Gasteiger partial charge in [-0.25, -0.2) is 0 Å². The Labute approximate surface area is 122 Å². The number of nitrogen functional groups attached to an aromatic ring is 1. The lowest BCUT2D eigenvalue weighted by molar-refractivity contribution is 0.310. The molecule has 0 fully saturated rings. The molecule has 20 heavy (non-hydrogen) atoms. The highest BCUT2D eigenvalue weighted by Crippen LogP contribution is 2.28. The van der Waals surface area contributed by atoms with Crippen molar-refractivity contribution < 1.29 is 4.74 Å². The minimum Gasteiger partial charge on any atom is -0.487 e. The van der Waals surface area contributed by atoms with Crippen LogP contribution in [-0.4, -0.2) is 0 Å². The topological polar surface area (TPSA) is 35.2 Å². The third kappa shape index (κ3) is 2.49. The van der Waals surface area contributed by atoms with Gasteiger partial charge < -0.3 is 10.5 Å². The lowest BCUT2D eigenvalue weighted by Gasteiger charge is -2.09. The van der Waals surface area contributed by atoms with Crippen LogP contribution in [0.2, 0.25) is 0 Å². The maximum Gasteiger partial charge on any atom is 0.142 e. The van der Waals surface area contributed by atoms with Crippen molar-refractivity contribution in [1.82, 2.24) is 0 Å². The zero-order chi connectivity index (χ0) is 13.9. The lowest BCUT2D eigenvalue weighted by Crippen LogP contribution is -1.99. The summed E-state index contributed by atoms with van der Waals surface area (Å²) >= 11 is 1.75. The van der Waals surface area contributed by atoms with Gasteiger partial charge in [-0.3, -0.25) is 0 Å². The number of fused-ring (bicyclic) bond motifs is 1. The summed E-state index contributed by atoms with van der Waals surface area (Å²) in [6, 6.07) is 14.4. The Hall–Kier alpha value is -2.00. The average molecular weight is 283 g/mol. The van der Waals surface area contributed by atoms with Crippen molar-refractivity contribution in [2.75, 3.05) is 5.73 Å². The van der Waals surface area contributed by atoms with E-state index < -0.39 is 0 Å². The molecule has 0 aliphatic carbocycles.